The van der Waals surface area contributed by atoms with Gasteiger partial charge in [-0.3, -0.25) is 0 Å². The Morgan fingerprint density at radius 1 is 1.40 bits per heavy atom. The van der Waals surface area contributed by atoms with E-state index in [2.05, 4.69) is 0 Å². The second kappa shape index (κ2) is 4.16. The monoisotopic (exact) mass is 347 g/mol. The number of benzene rings is 1. The SMILES string of the molecule is O.Oc1c(Cl)ccc[c]1[Hg]. The molecular formula is C6H6ClHgO2. The van der Waals surface area contributed by atoms with Crippen LogP contribution in [0.25, 0.3) is 0 Å². The second-order valence-electron chi connectivity index (χ2n) is 1.75. The summed E-state index contributed by atoms with van der Waals surface area (Å²) >= 11 is 6.05. The molecule has 0 bridgehead atoms. The molecule has 0 heterocycles. The van der Waals surface area contributed by atoms with E-state index in [1.54, 1.807) is 6.07 Å². The number of hydrogen-bond acceptors (Lipinski definition) is 1. The van der Waals surface area contributed by atoms with E-state index in [1.807, 2.05) is 12.1 Å². The molecule has 51 valence electrons. The summed E-state index contributed by atoms with van der Waals surface area (Å²) in [4.78, 5) is 0. The van der Waals surface area contributed by atoms with Crippen LogP contribution in [0.1, 0.15) is 0 Å². The molecule has 0 aliphatic heterocycles. The average molecular weight is 346 g/mol. The molecule has 1 rings (SSSR count). The fourth-order valence-corrected chi connectivity index (χ4v) is 2.46. The molecular weight excluding hydrogens is 340 g/mol. The van der Waals surface area contributed by atoms with Gasteiger partial charge in [-0.05, 0) is 0 Å². The van der Waals surface area contributed by atoms with Gasteiger partial charge < -0.3 is 5.48 Å². The van der Waals surface area contributed by atoms with Crippen molar-refractivity contribution in [2.45, 2.75) is 0 Å². The molecule has 0 saturated heterocycles. The normalized spacial score (nSPS) is 8.70. The van der Waals surface area contributed by atoms with Crippen molar-refractivity contribution in [3.8, 4) is 5.75 Å². The second-order valence-corrected chi connectivity index (χ2v) is 5.12. The average Bonchev–Trinajstić information content (AvgIpc) is 1.83. The van der Waals surface area contributed by atoms with E-state index >= 15 is 0 Å². The topological polar surface area (TPSA) is 51.7 Å². The Hall–Kier alpha value is 0.205. The maximum absolute atomic E-state index is 9.12. The van der Waals surface area contributed by atoms with Gasteiger partial charge in [-0.25, -0.2) is 0 Å². The quantitative estimate of drug-likeness (QED) is 0.679. The summed E-state index contributed by atoms with van der Waals surface area (Å²) in [5, 5.41) is 9.58. The van der Waals surface area contributed by atoms with Crippen LogP contribution in [-0.2, 0) is 26.1 Å². The number of phenols is 1. The van der Waals surface area contributed by atoms with Gasteiger partial charge in [0.1, 0.15) is 0 Å². The fourth-order valence-electron chi connectivity index (χ4n) is 0.560. The molecule has 4 heteroatoms. The zero-order chi connectivity index (χ0) is 6.85. The predicted molar refractivity (Wildman–Crippen MR) is 36.4 cm³/mol. The fraction of sp³-hybridized carbons (Fsp3) is 0. The van der Waals surface area contributed by atoms with Gasteiger partial charge in [-0.15, -0.1) is 0 Å². The molecule has 0 aromatic heterocycles. The molecule has 0 aliphatic carbocycles. The van der Waals surface area contributed by atoms with Crippen molar-refractivity contribution < 1.29 is 36.7 Å². The molecule has 0 aliphatic rings. The van der Waals surface area contributed by atoms with Gasteiger partial charge in [-0.1, -0.05) is 0 Å². The summed E-state index contributed by atoms with van der Waals surface area (Å²) in [5.74, 6) is 0.266. The van der Waals surface area contributed by atoms with E-state index in [1.165, 1.54) is 0 Å². The van der Waals surface area contributed by atoms with Crippen LogP contribution in [0.4, 0.5) is 0 Å². The van der Waals surface area contributed by atoms with Crippen LogP contribution in [0, 0.1) is 0 Å². The Morgan fingerprint density at radius 3 is 2.40 bits per heavy atom. The van der Waals surface area contributed by atoms with E-state index in [-0.39, 0.29) is 11.2 Å². The number of phenolic OH excluding ortho intramolecular Hbond substituents is 1. The first kappa shape index (κ1) is 10.2. The summed E-state index contributed by atoms with van der Waals surface area (Å²) in [7, 11) is 0. The number of para-hydroxylation sites is 1. The number of hydrogen-bond donors (Lipinski definition) is 1. The molecule has 10 heavy (non-hydrogen) atoms. The predicted octanol–water partition coefficient (Wildman–Crippen LogP) is 0.393. The van der Waals surface area contributed by atoms with Gasteiger partial charge in [0.05, 0.1) is 0 Å². The molecule has 2 nitrogen and oxygen atoms in total. The van der Waals surface area contributed by atoms with E-state index in [4.69, 9.17) is 16.7 Å². The standard InChI is InChI=1S/C6H4ClO.Hg.H2O/c7-5-3-1-2-4-6(5)8;;/h1-3,8H;;1H2. The minimum atomic E-state index is 0. The van der Waals surface area contributed by atoms with E-state index < -0.39 is 0 Å². The van der Waals surface area contributed by atoms with Crippen molar-refractivity contribution in [1.82, 2.24) is 0 Å². The van der Waals surface area contributed by atoms with Crippen LogP contribution in [0.2, 0.25) is 5.02 Å². The van der Waals surface area contributed by atoms with E-state index in [9.17, 15) is 0 Å². The van der Waals surface area contributed by atoms with Crippen LogP contribution in [0.5, 0.6) is 5.75 Å². The first-order valence-corrected chi connectivity index (χ1v) is 5.64. The summed E-state index contributed by atoms with van der Waals surface area (Å²) in [6.07, 6.45) is 0. The minimum absolute atomic E-state index is 0. The molecule has 0 atom stereocenters. The third-order valence-electron chi connectivity index (χ3n) is 1.07. The van der Waals surface area contributed by atoms with Gasteiger partial charge in [-0.2, -0.15) is 0 Å². The Bertz CT molecular complexity index is 207. The van der Waals surface area contributed by atoms with Crippen molar-refractivity contribution in [2.24, 2.45) is 0 Å². The van der Waals surface area contributed by atoms with Crippen molar-refractivity contribution >= 4 is 14.7 Å². The van der Waals surface area contributed by atoms with Crippen molar-refractivity contribution in [3.63, 3.8) is 0 Å². The Balaban J connectivity index is 0.000000810. The van der Waals surface area contributed by atoms with Gasteiger partial charge >= 0.3 is 74.9 Å². The van der Waals surface area contributed by atoms with Crippen molar-refractivity contribution in [2.75, 3.05) is 0 Å². The Kier molecular flexibility index (Phi) is 4.25. The Labute approximate surface area is 80.1 Å². The number of halogens is 1. The van der Waals surface area contributed by atoms with Gasteiger partial charge in [0.2, 0.25) is 0 Å². The first-order chi connectivity index (χ1) is 4.22. The molecule has 0 saturated carbocycles. The van der Waals surface area contributed by atoms with Gasteiger partial charge in [0.15, 0.2) is 0 Å². The van der Waals surface area contributed by atoms with Crippen LogP contribution in [0.3, 0.4) is 0 Å². The van der Waals surface area contributed by atoms with Gasteiger partial charge in [0, 0.05) is 0 Å². The van der Waals surface area contributed by atoms with Crippen LogP contribution in [-0.4, -0.2) is 10.6 Å². The molecule has 0 unspecified atom stereocenters. The third kappa shape index (κ3) is 2.11. The molecule has 0 fully saturated rings. The van der Waals surface area contributed by atoms with Crippen LogP contribution < -0.4 is 3.07 Å². The summed E-state index contributed by atoms with van der Waals surface area (Å²) in [6.45, 7) is 0. The molecule has 0 amide bonds. The number of rotatable bonds is 0. The number of aromatic hydroxyl groups is 1. The van der Waals surface area contributed by atoms with E-state index in [0.29, 0.717) is 31.1 Å². The Morgan fingerprint density at radius 2 is 2.00 bits per heavy atom. The molecule has 1 aromatic rings. The van der Waals surface area contributed by atoms with E-state index in [0.717, 1.165) is 3.07 Å². The molecule has 0 radical (unpaired) electrons. The van der Waals surface area contributed by atoms with Crippen LogP contribution in [0.15, 0.2) is 18.2 Å². The summed E-state index contributed by atoms with van der Waals surface area (Å²) in [6, 6.07) is 5.43. The summed E-state index contributed by atoms with van der Waals surface area (Å²) in [5.41, 5.74) is 0. The van der Waals surface area contributed by atoms with Crippen molar-refractivity contribution in [1.29, 1.82) is 0 Å². The zero-order valence-corrected chi connectivity index (χ0v) is 11.5. The maximum atomic E-state index is 9.12. The van der Waals surface area contributed by atoms with Crippen molar-refractivity contribution in [3.05, 3.63) is 23.2 Å². The van der Waals surface area contributed by atoms with Gasteiger partial charge in [0.25, 0.3) is 0 Å². The molecule has 3 N–H and O–H groups in total. The summed E-state index contributed by atoms with van der Waals surface area (Å²) < 4.78 is 1.00. The first-order valence-electron chi connectivity index (χ1n) is 2.51. The zero-order valence-electron chi connectivity index (χ0n) is 5.26. The third-order valence-corrected chi connectivity index (χ3v) is 3.59. The van der Waals surface area contributed by atoms with Crippen LogP contribution >= 0.6 is 11.6 Å². The molecule has 0 spiro atoms. The molecule has 1 aromatic carbocycles.